The van der Waals surface area contributed by atoms with Gasteiger partial charge in [-0.15, -0.1) is 11.3 Å². The fraction of sp³-hybridized carbons (Fsp3) is 0.480. The second-order valence-electron chi connectivity index (χ2n) is 9.76. The lowest BCUT2D eigenvalue weighted by atomic mass is 9.87. The van der Waals surface area contributed by atoms with Gasteiger partial charge in [-0.25, -0.2) is 9.97 Å². The predicted molar refractivity (Wildman–Crippen MR) is 133 cm³/mol. The molecule has 1 saturated carbocycles. The van der Waals surface area contributed by atoms with E-state index in [2.05, 4.69) is 44.6 Å². The van der Waals surface area contributed by atoms with Crippen LogP contribution < -0.4 is 10.5 Å². The number of H-pyrrole nitrogens is 1. The summed E-state index contributed by atoms with van der Waals surface area (Å²) in [5.41, 5.74) is 3.84. The molecule has 3 aromatic heterocycles. The topological polar surface area (TPSA) is 87.0 Å². The summed E-state index contributed by atoms with van der Waals surface area (Å²) in [6.45, 7) is 4.14. The van der Waals surface area contributed by atoms with E-state index >= 15 is 0 Å². The van der Waals surface area contributed by atoms with Crippen LogP contribution in [0.3, 0.4) is 0 Å². The van der Waals surface area contributed by atoms with Crippen LogP contribution in [0, 0.1) is 11.8 Å². The largest absolute Gasteiger partial charge is 0.396 e. The maximum absolute atomic E-state index is 12.8. The Morgan fingerprint density at radius 1 is 1.24 bits per heavy atom. The first kappa shape index (κ1) is 20.9. The van der Waals surface area contributed by atoms with Gasteiger partial charge in [0.25, 0.3) is 5.56 Å². The fourth-order valence-electron chi connectivity index (χ4n) is 5.67. The molecule has 3 unspecified atom stereocenters. The molecule has 172 valence electrons. The molecule has 2 N–H and O–H groups in total. The fourth-order valence-corrected chi connectivity index (χ4v) is 6.95. The summed E-state index contributed by atoms with van der Waals surface area (Å²) >= 11 is 1.62. The number of aliphatic hydroxyl groups is 1. The molecule has 2 fully saturated rings. The van der Waals surface area contributed by atoms with Crippen LogP contribution in [0.5, 0.6) is 0 Å². The van der Waals surface area contributed by atoms with Crippen molar-refractivity contribution in [2.45, 2.75) is 45.1 Å². The van der Waals surface area contributed by atoms with E-state index in [-0.39, 0.29) is 18.1 Å². The minimum absolute atomic E-state index is 0.110. The summed E-state index contributed by atoms with van der Waals surface area (Å²) in [5.74, 6) is 1.01. The summed E-state index contributed by atoms with van der Waals surface area (Å²) < 4.78 is 2.36. The van der Waals surface area contributed by atoms with Crippen molar-refractivity contribution in [3.05, 3.63) is 41.2 Å². The minimum Gasteiger partial charge on any atom is -0.396 e. The SMILES string of the molecule is CC1CCCC(n2cnc3cc(-c4sc(N5CCC(CO)C5)c5c(=O)[nH]cnc45)ccc32)C1. The number of aromatic amines is 1. The number of aromatic nitrogens is 4. The maximum Gasteiger partial charge on any atom is 0.261 e. The lowest BCUT2D eigenvalue weighted by molar-refractivity contribution is 0.239. The molecule has 33 heavy (non-hydrogen) atoms. The third-order valence-electron chi connectivity index (χ3n) is 7.45. The Bertz CT molecular complexity index is 1370. The van der Waals surface area contributed by atoms with Crippen molar-refractivity contribution in [1.29, 1.82) is 0 Å². The second-order valence-corrected chi connectivity index (χ2v) is 10.8. The molecule has 1 aliphatic carbocycles. The number of thiophene rings is 1. The van der Waals surface area contributed by atoms with Crippen molar-refractivity contribution in [1.82, 2.24) is 19.5 Å². The van der Waals surface area contributed by atoms with E-state index in [0.717, 1.165) is 51.9 Å². The van der Waals surface area contributed by atoms with Gasteiger partial charge in [-0.2, -0.15) is 0 Å². The molecule has 2 aliphatic rings. The van der Waals surface area contributed by atoms with Gasteiger partial charge in [0.15, 0.2) is 0 Å². The van der Waals surface area contributed by atoms with E-state index in [9.17, 15) is 9.90 Å². The molecule has 1 aliphatic heterocycles. The van der Waals surface area contributed by atoms with E-state index in [1.54, 1.807) is 11.3 Å². The molecular formula is C25H29N5O2S. The molecule has 8 heteroatoms. The van der Waals surface area contributed by atoms with Gasteiger partial charge in [0.1, 0.15) is 10.4 Å². The number of hydrogen-bond donors (Lipinski definition) is 2. The zero-order valence-corrected chi connectivity index (χ0v) is 19.6. The predicted octanol–water partition coefficient (Wildman–Crippen LogP) is 4.57. The first-order valence-corrected chi connectivity index (χ1v) is 12.8. The van der Waals surface area contributed by atoms with E-state index in [1.165, 1.54) is 37.5 Å². The first-order valence-electron chi connectivity index (χ1n) is 12.0. The molecule has 6 rings (SSSR count). The maximum atomic E-state index is 12.8. The van der Waals surface area contributed by atoms with Gasteiger partial charge < -0.3 is 19.6 Å². The van der Waals surface area contributed by atoms with E-state index in [0.29, 0.717) is 11.4 Å². The lowest BCUT2D eigenvalue weighted by Gasteiger charge is -2.28. The molecular weight excluding hydrogens is 434 g/mol. The summed E-state index contributed by atoms with van der Waals surface area (Å²) in [6.07, 6.45) is 9.45. The van der Waals surface area contributed by atoms with Crippen molar-refractivity contribution in [3.63, 3.8) is 0 Å². The van der Waals surface area contributed by atoms with Crippen molar-refractivity contribution < 1.29 is 5.11 Å². The van der Waals surface area contributed by atoms with Crippen LogP contribution in [-0.2, 0) is 0 Å². The van der Waals surface area contributed by atoms with Crippen molar-refractivity contribution >= 4 is 38.3 Å². The Kier molecular flexibility index (Phi) is 5.22. The van der Waals surface area contributed by atoms with Crippen LogP contribution in [-0.4, -0.2) is 44.3 Å². The Balaban J connectivity index is 1.42. The Morgan fingerprint density at radius 2 is 2.15 bits per heavy atom. The average molecular weight is 464 g/mol. The van der Waals surface area contributed by atoms with E-state index in [1.807, 2.05) is 6.33 Å². The van der Waals surface area contributed by atoms with Crippen LogP contribution in [0.1, 0.15) is 45.1 Å². The van der Waals surface area contributed by atoms with Gasteiger partial charge in [-0.3, -0.25) is 4.79 Å². The first-order chi connectivity index (χ1) is 16.1. The summed E-state index contributed by atoms with van der Waals surface area (Å²) in [4.78, 5) is 28.1. The lowest BCUT2D eigenvalue weighted by Crippen LogP contribution is -2.21. The standard InChI is InChI=1S/C25H29N5O2S/c1-15-3-2-4-18(9-15)30-14-28-19-10-17(5-6-20(19)30)23-22-21(24(32)27-13-26-22)25(33-23)29-8-7-16(11-29)12-31/h5-6,10,13-16,18,31H,2-4,7-9,11-12H2,1H3,(H,26,27,32). The highest BCUT2D eigenvalue weighted by molar-refractivity contribution is 7.21. The molecule has 0 bridgehead atoms. The summed E-state index contributed by atoms with van der Waals surface area (Å²) in [5, 5.41) is 11.2. The molecule has 7 nitrogen and oxygen atoms in total. The Hall–Kier alpha value is -2.71. The van der Waals surface area contributed by atoms with Gasteiger partial charge in [0, 0.05) is 31.7 Å². The summed E-state index contributed by atoms with van der Waals surface area (Å²) in [6, 6.07) is 6.97. The average Bonchev–Trinajstić information content (AvgIpc) is 3.55. The number of aliphatic hydroxyl groups excluding tert-OH is 1. The molecule has 4 heterocycles. The van der Waals surface area contributed by atoms with Crippen LogP contribution in [0.25, 0.3) is 32.4 Å². The van der Waals surface area contributed by atoms with Crippen LogP contribution in [0.2, 0.25) is 0 Å². The second kappa shape index (κ2) is 8.25. The zero-order valence-electron chi connectivity index (χ0n) is 18.8. The monoisotopic (exact) mass is 463 g/mol. The highest BCUT2D eigenvalue weighted by Crippen LogP contribution is 2.43. The molecule has 4 aromatic rings. The Labute approximate surface area is 196 Å². The number of nitrogens with one attached hydrogen (secondary N) is 1. The van der Waals surface area contributed by atoms with E-state index < -0.39 is 0 Å². The van der Waals surface area contributed by atoms with Crippen LogP contribution >= 0.6 is 11.3 Å². The highest BCUT2D eigenvalue weighted by atomic mass is 32.1. The van der Waals surface area contributed by atoms with Crippen molar-refractivity contribution in [3.8, 4) is 10.4 Å². The van der Waals surface area contributed by atoms with Crippen molar-refractivity contribution in [2.24, 2.45) is 11.8 Å². The number of rotatable bonds is 4. The van der Waals surface area contributed by atoms with E-state index in [4.69, 9.17) is 4.98 Å². The van der Waals surface area contributed by atoms with Gasteiger partial charge in [0.2, 0.25) is 0 Å². The van der Waals surface area contributed by atoms with Crippen molar-refractivity contribution in [2.75, 3.05) is 24.6 Å². The van der Waals surface area contributed by atoms with Crippen LogP contribution in [0.4, 0.5) is 5.00 Å². The third kappa shape index (κ3) is 3.56. The minimum atomic E-state index is -0.110. The number of benzene rings is 1. The molecule has 0 radical (unpaired) electrons. The van der Waals surface area contributed by atoms with Gasteiger partial charge in [0.05, 0.1) is 34.1 Å². The van der Waals surface area contributed by atoms with Gasteiger partial charge in [-0.1, -0.05) is 25.8 Å². The number of anilines is 1. The van der Waals surface area contributed by atoms with Gasteiger partial charge >= 0.3 is 0 Å². The number of hydrogen-bond acceptors (Lipinski definition) is 6. The summed E-state index contributed by atoms with van der Waals surface area (Å²) in [7, 11) is 0. The molecule has 0 amide bonds. The quantitative estimate of drug-likeness (QED) is 0.463. The zero-order chi connectivity index (χ0) is 22.5. The molecule has 1 aromatic carbocycles. The Morgan fingerprint density at radius 3 is 2.97 bits per heavy atom. The molecule has 0 spiro atoms. The van der Waals surface area contributed by atoms with Crippen LogP contribution in [0.15, 0.2) is 35.6 Å². The third-order valence-corrected chi connectivity index (χ3v) is 8.74. The normalized spacial score (nSPS) is 23.7. The van der Waals surface area contributed by atoms with Gasteiger partial charge in [-0.05, 0) is 42.9 Å². The number of fused-ring (bicyclic) bond motifs is 2. The highest BCUT2D eigenvalue weighted by Gasteiger charge is 2.28. The smallest absolute Gasteiger partial charge is 0.261 e. The molecule has 1 saturated heterocycles. The molecule has 3 atom stereocenters. The number of imidazole rings is 1. The number of nitrogens with zero attached hydrogens (tertiary/aromatic N) is 4.